The number of aromatic nitrogens is 2. The Morgan fingerprint density at radius 3 is 2.00 bits per heavy atom. The molecule has 6 rings (SSSR count). The average molecular weight is 576 g/mol. The summed E-state index contributed by atoms with van der Waals surface area (Å²) in [5.41, 5.74) is 8.96. The van der Waals surface area contributed by atoms with Gasteiger partial charge < -0.3 is 20.2 Å². The number of rotatable bonds is 6. The fraction of sp³-hybridized carbons (Fsp3) is 0.306. The zero-order valence-electron chi connectivity index (χ0n) is 25.4. The summed E-state index contributed by atoms with van der Waals surface area (Å²) in [4.78, 5) is 25.9. The third-order valence-electron chi connectivity index (χ3n) is 8.18. The first kappa shape index (κ1) is 30.1. The lowest BCUT2D eigenvalue weighted by Gasteiger charge is -2.35. The van der Waals surface area contributed by atoms with E-state index < -0.39 is 5.97 Å². The number of likely N-dealkylation sites (N-methyl/N-ethyl adjacent to an activating group) is 1. The third-order valence-corrected chi connectivity index (χ3v) is 8.18. The molecule has 2 aliphatic heterocycles. The first-order chi connectivity index (χ1) is 20.9. The van der Waals surface area contributed by atoms with E-state index in [2.05, 4.69) is 76.2 Å². The second-order valence-electron chi connectivity index (χ2n) is 11.2. The van der Waals surface area contributed by atoms with Crippen molar-refractivity contribution in [3.8, 4) is 22.5 Å². The van der Waals surface area contributed by atoms with Crippen LogP contribution in [0.3, 0.4) is 0 Å². The van der Waals surface area contributed by atoms with Crippen molar-refractivity contribution in [3.63, 3.8) is 0 Å². The number of carbonyl (C=O) groups is 1. The van der Waals surface area contributed by atoms with Crippen molar-refractivity contribution in [2.75, 3.05) is 50.7 Å². The number of hydrogen-bond acceptors (Lipinski definition) is 6. The standard InChI is InChI=1S/C28H31N5O2.C8H10/c1-2-32-13-15-33(16-14-32)24-18-30-27(31-19-24)22-5-3-20(4-6-22)23-7-8-25(28(34)35)26(17-23)21-9-11-29-12-10-21;1-7-3-5-8(2)6-4-7/h3-9,17-19,29H,2,10-16H2,1H3,(H,34,35);3-6H,1-2H3. The van der Waals surface area contributed by atoms with Gasteiger partial charge in [-0.2, -0.15) is 0 Å². The van der Waals surface area contributed by atoms with Crippen LogP contribution in [0.2, 0.25) is 0 Å². The molecule has 7 heteroatoms. The average Bonchev–Trinajstić information content (AvgIpc) is 3.07. The van der Waals surface area contributed by atoms with Gasteiger partial charge in [0.05, 0.1) is 23.6 Å². The van der Waals surface area contributed by atoms with E-state index in [1.807, 2.05) is 48.8 Å². The molecule has 3 heterocycles. The van der Waals surface area contributed by atoms with Crippen LogP contribution in [-0.2, 0) is 0 Å². The molecule has 1 saturated heterocycles. The number of piperazine rings is 1. The topological polar surface area (TPSA) is 81.6 Å². The summed E-state index contributed by atoms with van der Waals surface area (Å²) in [6.07, 6.45) is 6.75. The minimum Gasteiger partial charge on any atom is -0.478 e. The van der Waals surface area contributed by atoms with E-state index in [-0.39, 0.29) is 0 Å². The zero-order valence-corrected chi connectivity index (χ0v) is 25.4. The number of benzene rings is 3. The molecule has 222 valence electrons. The van der Waals surface area contributed by atoms with Crippen molar-refractivity contribution in [1.82, 2.24) is 20.2 Å². The Labute approximate surface area is 254 Å². The van der Waals surface area contributed by atoms with Gasteiger partial charge in [0, 0.05) is 38.3 Å². The van der Waals surface area contributed by atoms with Crippen LogP contribution in [0.1, 0.15) is 40.4 Å². The van der Waals surface area contributed by atoms with Crippen molar-refractivity contribution < 1.29 is 9.90 Å². The van der Waals surface area contributed by atoms with E-state index in [0.717, 1.165) is 85.7 Å². The smallest absolute Gasteiger partial charge is 0.336 e. The summed E-state index contributed by atoms with van der Waals surface area (Å²) in [7, 11) is 0. The molecule has 0 amide bonds. The van der Waals surface area contributed by atoms with Gasteiger partial charge in [0.1, 0.15) is 0 Å². The summed E-state index contributed by atoms with van der Waals surface area (Å²) >= 11 is 0. The summed E-state index contributed by atoms with van der Waals surface area (Å²) < 4.78 is 0. The molecule has 0 spiro atoms. The fourth-order valence-electron chi connectivity index (χ4n) is 5.45. The highest BCUT2D eigenvalue weighted by Crippen LogP contribution is 2.30. The minimum atomic E-state index is -0.894. The number of aryl methyl sites for hydroxylation is 2. The fourth-order valence-corrected chi connectivity index (χ4v) is 5.45. The second-order valence-corrected chi connectivity index (χ2v) is 11.2. The van der Waals surface area contributed by atoms with Crippen LogP contribution in [0.15, 0.2) is 85.2 Å². The highest BCUT2D eigenvalue weighted by Gasteiger charge is 2.18. The van der Waals surface area contributed by atoms with Gasteiger partial charge >= 0.3 is 5.97 Å². The van der Waals surface area contributed by atoms with Gasteiger partial charge in [-0.1, -0.05) is 78.7 Å². The molecular weight excluding hydrogens is 534 g/mol. The van der Waals surface area contributed by atoms with Crippen molar-refractivity contribution in [2.45, 2.75) is 27.2 Å². The van der Waals surface area contributed by atoms with E-state index in [1.165, 1.54) is 11.1 Å². The number of nitrogens with one attached hydrogen (secondary N) is 1. The lowest BCUT2D eigenvalue weighted by Crippen LogP contribution is -2.46. The van der Waals surface area contributed by atoms with Crippen molar-refractivity contribution >= 4 is 17.2 Å². The lowest BCUT2D eigenvalue weighted by atomic mass is 9.91. The molecule has 0 aliphatic carbocycles. The Hall–Kier alpha value is -4.33. The molecule has 1 fully saturated rings. The molecule has 0 saturated carbocycles. The molecule has 0 atom stereocenters. The Morgan fingerprint density at radius 2 is 1.44 bits per heavy atom. The van der Waals surface area contributed by atoms with Gasteiger partial charge in [0.25, 0.3) is 0 Å². The van der Waals surface area contributed by atoms with Crippen LogP contribution in [0.25, 0.3) is 28.1 Å². The van der Waals surface area contributed by atoms with Crippen LogP contribution < -0.4 is 10.2 Å². The maximum absolute atomic E-state index is 11.8. The first-order valence-corrected chi connectivity index (χ1v) is 15.1. The van der Waals surface area contributed by atoms with Gasteiger partial charge in [-0.25, -0.2) is 14.8 Å². The van der Waals surface area contributed by atoms with Gasteiger partial charge in [0.15, 0.2) is 5.82 Å². The molecular formula is C36H41N5O2. The quantitative estimate of drug-likeness (QED) is 0.278. The Balaban J connectivity index is 0.000000400. The highest BCUT2D eigenvalue weighted by molar-refractivity contribution is 5.95. The number of nitrogens with zero attached hydrogens (tertiary/aromatic N) is 4. The monoisotopic (exact) mass is 575 g/mol. The van der Waals surface area contributed by atoms with Crippen LogP contribution in [0.5, 0.6) is 0 Å². The van der Waals surface area contributed by atoms with E-state index >= 15 is 0 Å². The lowest BCUT2D eigenvalue weighted by molar-refractivity contribution is 0.0696. The molecule has 0 radical (unpaired) electrons. The van der Waals surface area contributed by atoms with E-state index in [4.69, 9.17) is 0 Å². The normalized spacial score (nSPS) is 15.3. The predicted octanol–water partition coefficient (Wildman–Crippen LogP) is 6.33. The van der Waals surface area contributed by atoms with Crippen LogP contribution in [0.4, 0.5) is 5.69 Å². The predicted molar refractivity (Wildman–Crippen MR) is 176 cm³/mol. The van der Waals surface area contributed by atoms with E-state index in [1.54, 1.807) is 6.07 Å². The largest absolute Gasteiger partial charge is 0.478 e. The maximum atomic E-state index is 11.8. The number of carboxylic acid groups (broad SMARTS) is 1. The minimum absolute atomic E-state index is 0.350. The summed E-state index contributed by atoms with van der Waals surface area (Å²) in [5, 5.41) is 13.0. The molecule has 2 aliphatic rings. The van der Waals surface area contributed by atoms with Crippen molar-refractivity contribution in [2.24, 2.45) is 0 Å². The van der Waals surface area contributed by atoms with Gasteiger partial charge in [0.2, 0.25) is 0 Å². The Bertz CT molecular complexity index is 1520. The summed E-state index contributed by atoms with van der Waals surface area (Å²) in [6.45, 7) is 13.3. The Kier molecular flexibility index (Phi) is 9.97. The molecule has 2 N–H and O–H groups in total. The molecule has 0 unspecified atom stereocenters. The van der Waals surface area contributed by atoms with Crippen molar-refractivity contribution in [3.05, 3.63) is 107 Å². The van der Waals surface area contributed by atoms with Gasteiger partial charge in [-0.15, -0.1) is 0 Å². The van der Waals surface area contributed by atoms with Crippen molar-refractivity contribution in [1.29, 1.82) is 0 Å². The molecule has 4 aromatic rings. The summed E-state index contributed by atoms with van der Waals surface area (Å²) in [6, 6.07) is 22.2. The van der Waals surface area contributed by atoms with E-state index in [0.29, 0.717) is 11.4 Å². The number of aromatic carboxylic acids is 1. The Morgan fingerprint density at radius 1 is 0.837 bits per heavy atom. The number of carboxylic acids is 1. The van der Waals surface area contributed by atoms with Gasteiger partial charge in [-0.3, -0.25) is 0 Å². The molecule has 1 aromatic heterocycles. The summed E-state index contributed by atoms with van der Waals surface area (Å²) in [5.74, 6) is -0.191. The molecule has 7 nitrogen and oxygen atoms in total. The number of hydrogen-bond donors (Lipinski definition) is 2. The van der Waals surface area contributed by atoms with Crippen LogP contribution in [0, 0.1) is 13.8 Å². The molecule has 43 heavy (non-hydrogen) atoms. The number of anilines is 1. The SMILES string of the molecule is CCN1CCN(c2cnc(-c3ccc(-c4ccc(C(=O)O)c(C5=CCNCC5)c4)cc3)nc2)CC1.Cc1ccc(C)cc1. The van der Waals surface area contributed by atoms with Crippen LogP contribution >= 0.6 is 0 Å². The third kappa shape index (κ3) is 7.74. The maximum Gasteiger partial charge on any atom is 0.336 e. The van der Waals surface area contributed by atoms with Crippen LogP contribution in [-0.4, -0.2) is 71.8 Å². The zero-order chi connectivity index (χ0) is 30.2. The van der Waals surface area contributed by atoms with Gasteiger partial charge in [-0.05, 0) is 67.8 Å². The second kappa shape index (κ2) is 14.2. The highest BCUT2D eigenvalue weighted by atomic mass is 16.4. The molecule has 0 bridgehead atoms. The van der Waals surface area contributed by atoms with E-state index in [9.17, 15) is 9.90 Å². The molecule has 3 aromatic carbocycles. The first-order valence-electron chi connectivity index (χ1n) is 15.1.